The van der Waals surface area contributed by atoms with Gasteiger partial charge in [-0.15, -0.1) is 0 Å². The summed E-state index contributed by atoms with van der Waals surface area (Å²) in [5.41, 5.74) is 0.690. The molecular weight excluding hydrogens is 322 g/mol. The number of rotatable bonds is 5. The molecular formula is C18H28N3O2S+. The third-order valence-corrected chi connectivity index (χ3v) is 7.10. The van der Waals surface area contributed by atoms with Gasteiger partial charge in [0.15, 0.2) is 5.54 Å². The van der Waals surface area contributed by atoms with Crippen LogP contribution in [-0.4, -0.2) is 44.4 Å². The highest BCUT2D eigenvalue weighted by atomic mass is 32.2. The fourth-order valence-electron chi connectivity index (χ4n) is 3.05. The summed E-state index contributed by atoms with van der Waals surface area (Å²) in [6, 6.07) is 9.58. The van der Waals surface area contributed by atoms with Gasteiger partial charge in [-0.25, -0.2) is 8.42 Å². The molecule has 1 aliphatic rings. The van der Waals surface area contributed by atoms with E-state index in [0.29, 0.717) is 37.0 Å². The van der Waals surface area contributed by atoms with E-state index in [-0.39, 0.29) is 0 Å². The van der Waals surface area contributed by atoms with Crippen LogP contribution in [0.15, 0.2) is 29.2 Å². The van der Waals surface area contributed by atoms with E-state index in [0.717, 1.165) is 11.3 Å². The Labute approximate surface area is 145 Å². The minimum absolute atomic E-state index is 0.359. The summed E-state index contributed by atoms with van der Waals surface area (Å²) in [5, 5.41) is 9.24. The van der Waals surface area contributed by atoms with Gasteiger partial charge in [-0.3, -0.25) is 0 Å². The minimum atomic E-state index is -3.45. The highest BCUT2D eigenvalue weighted by Crippen LogP contribution is 2.22. The third-order valence-electron chi connectivity index (χ3n) is 5.19. The molecule has 2 rings (SSSR count). The van der Waals surface area contributed by atoms with Crippen LogP contribution < -0.4 is 4.90 Å². The summed E-state index contributed by atoms with van der Waals surface area (Å²) in [7, 11) is -3.45. The zero-order valence-electron chi connectivity index (χ0n) is 15.0. The van der Waals surface area contributed by atoms with E-state index in [1.807, 2.05) is 26.0 Å². The van der Waals surface area contributed by atoms with Gasteiger partial charge in [-0.05, 0) is 30.0 Å². The quantitative estimate of drug-likeness (QED) is 0.873. The van der Waals surface area contributed by atoms with Crippen LogP contribution >= 0.6 is 0 Å². The van der Waals surface area contributed by atoms with Gasteiger partial charge in [0, 0.05) is 13.8 Å². The van der Waals surface area contributed by atoms with Crippen molar-refractivity contribution in [1.82, 2.24) is 4.31 Å². The standard InChI is InChI=1S/C18H27N3O2S/c1-5-15(2)16-6-8-17(9-7-16)24(22,23)21-12-10-20(11-13-21)18(3,4)14-19/h6-9,15H,5,10-13H2,1-4H3/p+1/t15-/m0/s1. The van der Waals surface area contributed by atoms with Gasteiger partial charge >= 0.3 is 0 Å². The van der Waals surface area contributed by atoms with Crippen molar-refractivity contribution < 1.29 is 13.3 Å². The lowest BCUT2D eigenvalue weighted by Crippen LogP contribution is -3.21. The first kappa shape index (κ1) is 18.9. The smallest absolute Gasteiger partial charge is 0.243 e. The first-order chi connectivity index (χ1) is 11.2. The lowest BCUT2D eigenvalue weighted by molar-refractivity contribution is -0.942. The van der Waals surface area contributed by atoms with Gasteiger partial charge in [0.25, 0.3) is 0 Å². The van der Waals surface area contributed by atoms with Crippen molar-refractivity contribution in [3.05, 3.63) is 29.8 Å². The second kappa shape index (κ2) is 7.22. The van der Waals surface area contributed by atoms with Crippen LogP contribution in [0.5, 0.6) is 0 Å². The highest BCUT2D eigenvalue weighted by molar-refractivity contribution is 7.89. The Hall–Kier alpha value is -1.42. The number of hydrogen-bond donors (Lipinski definition) is 1. The van der Waals surface area contributed by atoms with Gasteiger partial charge in [-0.2, -0.15) is 9.57 Å². The molecule has 1 fully saturated rings. The summed E-state index contributed by atoms with van der Waals surface area (Å²) in [5.74, 6) is 0.433. The van der Waals surface area contributed by atoms with Crippen LogP contribution in [0.4, 0.5) is 0 Å². The van der Waals surface area contributed by atoms with Gasteiger partial charge in [0.1, 0.15) is 6.07 Å². The van der Waals surface area contributed by atoms with Crippen LogP contribution in [0.25, 0.3) is 0 Å². The molecule has 0 aliphatic carbocycles. The van der Waals surface area contributed by atoms with Crippen LogP contribution in [-0.2, 0) is 10.0 Å². The van der Waals surface area contributed by atoms with Crippen LogP contribution in [0.1, 0.15) is 45.6 Å². The second-order valence-corrected chi connectivity index (χ2v) is 9.06. The Bertz CT molecular complexity index is 697. The van der Waals surface area contributed by atoms with Crippen LogP contribution in [0, 0.1) is 11.3 Å². The Morgan fingerprint density at radius 2 is 1.79 bits per heavy atom. The Balaban J connectivity index is 2.11. The number of sulfonamides is 1. The number of piperazine rings is 1. The number of quaternary nitrogens is 1. The van der Waals surface area contributed by atoms with Crippen molar-refractivity contribution in [2.45, 2.75) is 50.5 Å². The maximum absolute atomic E-state index is 12.8. The number of benzene rings is 1. The molecule has 0 radical (unpaired) electrons. The third kappa shape index (κ3) is 3.80. The number of nitriles is 1. The molecule has 0 aromatic heterocycles. The maximum Gasteiger partial charge on any atom is 0.243 e. The molecule has 0 unspecified atom stereocenters. The molecule has 1 heterocycles. The molecule has 5 nitrogen and oxygen atoms in total. The summed E-state index contributed by atoms with van der Waals surface area (Å²) in [4.78, 5) is 1.50. The highest BCUT2D eigenvalue weighted by Gasteiger charge is 2.37. The first-order valence-electron chi connectivity index (χ1n) is 8.59. The molecule has 0 bridgehead atoms. The van der Waals surface area contributed by atoms with Crippen molar-refractivity contribution in [3.8, 4) is 6.07 Å². The summed E-state index contributed by atoms with van der Waals surface area (Å²) in [6.07, 6.45) is 1.03. The summed E-state index contributed by atoms with van der Waals surface area (Å²) >= 11 is 0. The second-order valence-electron chi connectivity index (χ2n) is 7.12. The normalized spacial score (nSPS) is 19.0. The molecule has 0 spiro atoms. The van der Waals surface area contributed by atoms with E-state index < -0.39 is 15.6 Å². The molecule has 1 aromatic carbocycles. The monoisotopic (exact) mass is 350 g/mol. The van der Waals surface area contributed by atoms with Gasteiger partial charge in [0.2, 0.25) is 10.0 Å². The molecule has 1 atom stereocenters. The average molecular weight is 351 g/mol. The van der Waals surface area contributed by atoms with E-state index in [2.05, 4.69) is 19.9 Å². The van der Waals surface area contributed by atoms with Crippen LogP contribution in [0.2, 0.25) is 0 Å². The molecule has 132 valence electrons. The van der Waals surface area contributed by atoms with Gasteiger partial charge in [0.05, 0.1) is 31.1 Å². The van der Waals surface area contributed by atoms with Crippen molar-refractivity contribution in [2.75, 3.05) is 26.2 Å². The van der Waals surface area contributed by atoms with E-state index in [9.17, 15) is 13.7 Å². The zero-order chi connectivity index (χ0) is 18.0. The van der Waals surface area contributed by atoms with E-state index in [1.165, 1.54) is 5.56 Å². The fraction of sp³-hybridized carbons (Fsp3) is 0.611. The fourth-order valence-corrected chi connectivity index (χ4v) is 4.50. The number of nitrogens with one attached hydrogen (secondary N) is 1. The maximum atomic E-state index is 12.8. The summed E-state index contributed by atoms with van der Waals surface area (Å²) in [6.45, 7) is 10.3. The van der Waals surface area contributed by atoms with Crippen molar-refractivity contribution >= 4 is 10.0 Å². The lowest BCUT2D eigenvalue weighted by atomic mass is 9.99. The molecule has 1 N–H and O–H groups in total. The predicted molar refractivity (Wildman–Crippen MR) is 94.3 cm³/mol. The Kier molecular flexibility index (Phi) is 5.69. The van der Waals surface area contributed by atoms with Gasteiger partial charge in [-0.1, -0.05) is 26.0 Å². The van der Waals surface area contributed by atoms with E-state index in [1.54, 1.807) is 16.4 Å². The predicted octanol–water partition coefficient (Wildman–Crippen LogP) is 1.39. The molecule has 1 saturated heterocycles. The molecule has 0 amide bonds. The van der Waals surface area contributed by atoms with Crippen molar-refractivity contribution in [1.29, 1.82) is 5.26 Å². The largest absolute Gasteiger partial charge is 0.317 e. The summed E-state index contributed by atoms with van der Waals surface area (Å²) < 4.78 is 27.2. The van der Waals surface area contributed by atoms with Crippen molar-refractivity contribution in [3.63, 3.8) is 0 Å². The number of nitrogens with zero attached hydrogens (tertiary/aromatic N) is 2. The SMILES string of the molecule is CC[C@H](C)c1ccc(S(=O)(=O)N2CC[NH+](C(C)(C)C#N)CC2)cc1. The molecule has 1 aromatic rings. The molecule has 6 heteroatoms. The molecule has 0 saturated carbocycles. The zero-order valence-corrected chi connectivity index (χ0v) is 15.9. The Morgan fingerprint density at radius 1 is 1.25 bits per heavy atom. The van der Waals surface area contributed by atoms with Crippen molar-refractivity contribution in [2.24, 2.45) is 0 Å². The topological polar surface area (TPSA) is 65.6 Å². The van der Waals surface area contributed by atoms with Gasteiger partial charge < -0.3 is 4.90 Å². The number of hydrogen-bond acceptors (Lipinski definition) is 3. The van der Waals surface area contributed by atoms with Crippen LogP contribution in [0.3, 0.4) is 0 Å². The van der Waals surface area contributed by atoms with E-state index >= 15 is 0 Å². The minimum Gasteiger partial charge on any atom is -0.317 e. The Morgan fingerprint density at radius 3 is 2.25 bits per heavy atom. The lowest BCUT2D eigenvalue weighted by Gasteiger charge is -2.37. The molecule has 24 heavy (non-hydrogen) atoms. The van der Waals surface area contributed by atoms with E-state index in [4.69, 9.17) is 0 Å². The molecule has 1 aliphatic heterocycles. The first-order valence-corrected chi connectivity index (χ1v) is 10.0. The average Bonchev–Trinajstić information content (AvgIpc) is 2.61.